The number of aromatic nitrogens is 1. The molecule has 26 heteroatoms. The number of carbonyl (C=O) groups excluding carboxylic acids is 3. The van der Waals surface area contributed by atoms with Gasteiger partial charge >= 0.3 is 0 Å². The number of Topliss-reactive ketones (excluding diaryl/α,β-unsaturated/α-hetero) is 3. The third-order valence-electron chi connectivity index (χ3n) is 17.8. The van der Waals surface area contributed by atoms with E-state index in [1.807, 2.05) is 250 Å². The molecule has 13 rings (SSSR count). The molecular formula is C85H98N6O14S6-2. The van der Waals surface area contributed by atoms with Crippen molar-refractivity contribution in [2.45, 2.75) is 100 Å². The lowest BCUT2D eigenvalue weighted by Crippen LogP contribution is -2.35. The molecule has 0 spiro atoms. The van der Waals surface area contributed by atoms with Crippen LogP contribution in [0.1, 0.15) is 75.6 Å². The molecule has 3 fully saturated rings. The summed E-state index contributed by atoms with van der Waals surface area (Å²) in [4.78, 5) is 47.4. The number of allylic oxidation sites excluding steroid dienone is 8. The summed E-state index contributed by atoms with van der Waals surface area (Å²) in [5.41, 5.74) is 12.5. The SMILES string of the molecule is CN(C)/C=C1\CC/C(=C\N(C)C)C1=O.COC(OC)N(C)C.Cc1sc2ccc(-c3ccccc3)cc2[n+]1CCCS(=O)(=O)[O-].O=C1/C(=C/C=C2\Sc3ccc(-c4ccccc4)cc3N2CCCS(=O)(=O)[O-])CC/C1=C\C=C1/Sc2ccc(-c3ccccc3)cc2N1CCCS(=O)(=O)[O-].O=C1CCCC1.c1ccccc1. The van der Waals surface area contributed by atoms with E-state index in [9.17, 15) is 53.3 Å². The number of thiazole rings is 1. The van der Waals surface area contributed by atoms with E-state index < -0.39 is 41.9 Å². The number of ether oxygens (including phenoxy) is 2. The lowest BCUT2D eigenvalue weighted by atomic mass is 10.0. The quantitative estimate of drug-likeness (QED) is 0.0264. The second kappa shape index (κ2) is 42.9. The van der Waals surface area contributed by atoms with Crippen molar-refractivity contribution in [1.82, 2.24) is 14.7 Å². The number of hydrogen-bond donors (Lipinski definition) is 0. The molecule has 20 nitrogen and oxygen atoms in total. The van der Waals surface area contributed by atoms with E-state index in [0.717, 1.165) is 129 Å². The van der Waals surface area contributed by atoms with Crippen LogP contribution in [0.15, 0.2) is 261 Å². The molecule has 8 aromatic rings. The van der Waals surface area contributed by atoms with E-state index >= 15 is 0 Å². The van der Waals surface area contributed by atoms with Crippen LogP contribution in [-0.2, 0) is 60.8 Å². The van der Waals surface area contributed by atoms with Gasteiger partial charge < -0.3 is 42.7 Å². The average Bonchev–Trinajstić information content (AvgIpc) is 1.66. The molecule has 5 aliphatic rings. The minimum Gasteiger partial charge on any atom is -0.748 e. The van der Waals surface area contributed by atoms with Crippen molar-refractivity contribution in [3.8, 4) is 33.4 Å². The molecule has 111 heavy (non-hydrogen) atoms. The first-order valence-corrected chi connectivity index (χ1v) is 43.6. The first kappa shape index (κ1) is 88.0. The lowest BCUT2D eigenvalue weighted by Gasteiger charge is -2.21. The van der Waals surface area contributed by atoms with Gasteiger partial charge in [0.05, 0.1) is 51.8 Å². The van der Waals surface area contributed by atoms with Gasteiger partial charge in [-0.2, -0.15) is 4.57 Å². The zero-order valence-corrected chi connectivity index (χ0v) is 69.1. The van der Waals surface area contributed by atoms with E-state index in [-0.39, 0.29) is 36.6 Å². The van der Waals surface area contributed by atoms with Gasteiger partial charge in [0.15, 0.2) is 18.1 Å². The van der Waals surface area contributed by atoms with Gasteiger partial charge in [0.1, 0.15) is 10.5 Å². The van der Waals surface area contributed by atoms with Crippen molar-refractivity contribution >= 4 is 104 Å². The highest BCUT2D eigenvalue weighted by atomic mass is 32.2. The number of hydrogen-bond acceptors (Lipinski definition) is 22. The van der Waals surface area contributed by atoms with E-state index in [4.69, 9.17) is 9.47 Å². The second-order valence-electron chi connectivity index (χ2n) is 27.2. The molecule has 0 bridgehead atoms. The summed E-state index contributed by atoms with van der Waals surface area (Å²) in [6.07, 6.45) is 18.6. The van der Waals surface area contributed by atoms with Gasteiger partial charge in [0, 0.05) is 149 Å². The summed E-state index contributed by atoms with van der Waals surface area (Å²) < 4.78 is 114. The van der Waals surface area contributed by atoms with E-state index in [1.54, 1.807) is 25.6 Å². The minimum absolute atomic E-state index is 0.0598. The van der Waals surface area contributed by atoms with Crippen LogP contribution in [-0.4, -0.2) is 164 Å². The highest BCUT2D eigenvalue weighted by molar-refractivity contribution is 8.04. The molecular weight excluding hydrogens is 1520 g/mol. The predicted octanol–water partition coefficient (Wildman–Crippen LogP) is 15.6. The molecule has 1 aromatic heterocycles. The number of aryl methyl sites for hydroxylation is 2. The number of fused-ring (bicyclic) bond motifs is 3. The molecule has 0 unspecified atom stereocenters. The Balaban J connectivity index is 0.000000218. The highest BCUT2D eigenvalue weighted by Crippen LogP contribution is 2.49. The van der Waals surface area contributed by atoms with Crippen molar-refractivity contribution in [3.05, 3.63) is 256 Å². The van der Waals surface area contributed by atoms with Crippen molar-refractivity contribution in [3.63, 3.8) is 0 Å². The Morgan fingerprint density at radius 1 is 0.459 bits per heavy atom. The summed E-state index contributed by atoms with van der Waals surface area (Å²) in [5, 5.41) is 2.78. The summed E-state index contributed by atoms with van der Waals surface area (Å²) in [5.74, 6) is -0.663. The van der Waals surface area contributed by atoms with Crippen LogP contribution in [0.4, 0.5) is 11.4 Å². The van der Waals surface area contributed by atoms with Crippen LogP contribution in [0.5, 0.6) is 0 Å². The Labute approximate surface area is 667 Å². The molecule has 0 amide bonds. The van der Waals surface area contributed by atoms with Crippen molar-refractivity contribution in [2.75, 3.05) is 96.7 Å². The summed E-state index contributed by atoms with van der Waals surface area (Å²) in [7, 11) is 1.85. The standard InChI is InChI=1S/C41H38N2O7S4.C17H17NO3S2.C11H18N2O.C6H6.C5H13NO2.C5H8O/c44-41-31(17-21-39-42(23-7-25-53(45,46)47)35-27-33(15-19-37(35)51-39)29-9-3-1-4-10-29)13-14-32(41)18-22-40-43(24-8-26-54(48,49)50)36-28-34(16-20-38(36)52-40)30-11-5-2-6-12-30;1-13-18(10-5-11-23(19,20)21)16-12-15(8-9-17(16)22-13)14-6-3-2-4-7-14;1-12(2)7-9-5-6-10(11(9)14)8-13(3)4;1-2-4-6-5-3-1;1-6(2)5(7-3)8-4;6-5-3-1-2-4-5/h1-6,9-12,15-22,27-28H,7-8,13-14,23-26H2,(H,45,46,47)(H,48,49,50);2-4,6-9,12H,5,10-11H2,1H3;7-8H,5-6H2,1-4H3;1-6H;5H,1-4H3;1-4H2/p-2/b31-17+,32-18+,39-21-,40-22-;;9-7+,10-8+;;;. The fraction of sp³-hybridized carbons (Fsp3) is 0.318. The van der Waals surface area contributed by atoms with Gasteiger partial charge in [-0.1, -0.05) is 193 Å². The monoisotopic (exact) mass is 1620 g/mol. The summed E-state index contributed by atoms with van der Waals surface area (Å²) in [6, 6.07) is 60.6. The molecule has 590 valence electrons. The zero-order chi connectivity index (χ0) is 80.3. The molecule has 3 heterocycles. The minimum atomic E-state index is -4.37. The number of anilines is 2. The Bertz CT molecular complexity index is 4770. The van der Waals surface area contributed by atoms with Crippen molar-refractivity contribution < 1.29 is 67.3 Å². The lowest BCUT2D eigenvalue weighted by molar-refractivity contribution is -0.672. The Kier molecular flexibility index (Phi) is 34.0. The smallest absolute Gasteiger partial charge is 0.235 e. The largest absolute Gasteiger partial charge is 0.748 e. The highest BCUT2D eigenvalue weighted by Gasteiger charge is 2.30. The van der Waals surface area contributed by atoms with Gasteiger partial charge in [0.2, 0.25) is 16.9 Å². The molecule has 0 radical (unpaired) electrons. The Hall–Kier alpha value is -8.61. The molecule has 7 aromatic carbocycles. The molecule has 0 saturated heterocycles. The molecule has 0 atom stereocenters. The van der Waals surface area contributed by atoms with E-state index in [1.165, 1.54) is 23.5 Å². The first-order chi connectivity index (χ1) is 53.0. The van der Waals surface area contributed by atoms with Crippen LogP contribution in [0.25, 0.3) is 43.6 Å². The van der Waals surface area contributed by atoms with Crippen LogP contribution in [0.3, 0.4) is 0 Å². The number of methoxy groups -OCH3 is 2. The number of thioether (sulfide) groups is 2. The number of benzene rings is 7. The number of nitrogens with zero attached hydrogens (tertiary/aromatic N) is 6. The molecule has 2 aliphatic heterocycles. The Morgan fingerprint density at radius 3 is 1.17 bits per heavy atom. The second-order valence-corrected chi connectivity index (χ2v) is 35.1. The topological polar surface area (TPSA) is 261 Å². The van der Waals surface area contributed by atoms with E-state index in [0.29, 0.717) is 55.8 Å². The fourth-order valence-corrected chi connectivity index (χ4v) is 17.2. The van der Waals surface area contributed by atoms with Crippen LogP contribution in [0, 0.1) is 6.92 Å². The molecule has 3 aliphatic carbocycles. The van der Waals surface area contributed by atoms with Crippen molar-refractivity contribution in [2.24, 2.45) is 0 Å². The number of ketones is 3. The third kappa shape index (κ3) is 28.2. The van der Waals surface area contributed by atoms with Gasteiger partial charge in [-0.25, -0.2) is 25.3 Å². The van der Waals surface area contributed by atoms with E-state index in [2.05, 4.69) is 47.0 Å². The molecule has 3 saturated carbocycles. The van der Waals surface area contributed by atoms with Crippen molar-refractivity contribution in [1.29, 1.82) is 0 Å². The van der Waals surface area contributed by atoms with Crippen LogP contribution < -0.4 is 14.4 Å². The summed E-state index contributed by atoms with van der Waals surface area (Å²) >= 11 is 4.74. The van der Waals surface area contributed by atoms with Gasteiger partial charge in [-0.05, 0) is 141 Å². The zero-order valence-electron chi connectivity index (χ0n) is 64.2. The third-order valence-corrected chi connectivity index (χ3v) is 23.5. The number of rotatable bonds is 22. The maximum atomic E-state index is 13.6. The Morgan fingerprint density at radius 2 is 0.820 bits per heavy atom. The summed E-state index contributed by atoms with van der Waals surface area (Å²) in [6.45, 7) is 3.20. The van der Waals surface area contributed by atoms with Gasteiger partial charge in [0.25, 0.3) is 0 Å². The maximum absolute atomic E-state index is 13.6. The average molecular weight is 1620 g/mol. The molecule has 0 N–H and O–H groups in total. The predicted molar refractivity (Wildman–Crippen MR) is 446 cm³/mol. The number of carbonyl (C=O) groups is 3. The fourth-order valence-electron chi connectivity index (χ4n) is 12.6. The van der Waals surface area contributed by atoms with Gasteiger partial charge in [-0.3, -0.25) is 19.3 Å². The maximum Gasteiger partial charge on any atom is 0.235 e. The van der Waals surface area contributed by atoms with Crippen LogP contribution in [0.2, 0.25) is 0 Å². The van der Waals surface area contributed by atoms with Crippen LogP contribution >= 0.6 is 34.9 Å². The normalized spacial score (nSPS) is 16.8. The van der Waals surface area contributed by atoms with Gasteiger partial charge in [-0.15, -0.1) is 0 Å². The first-order valence-electron chi connectivity index (χ1n) is 36.5.